The van der Waals surface area contributed by atoms with Crippen molar-refractivity contribution >= 4 is 5.97 Å². The third-order valence-electron chi connectivity index (χ3n) is 2.73. The minimum absolute atomic E-state index is 0.244. The standard InChI is InChI=1S/C11H12FNO2/c1-15-11(14)7-4-6-2-3-9(13)10(6)8(12)5-7/h4-5,9H,2-3,13H2,1H3. The van der Waals surface area contributed by atoms with Crippen LogP contribution in [0.15, 0.2) is 12.1 Å². The number of nitrogens with two attached hydrogens (primary N) is 1. The van der Waals surface area contributed by atoms with Crippen LogP contribution in [0.3, 0.4) is 0 Å². The largest absolute Gasteiger partial charge is 0.465 e. The Morgan fingerprint density at radius 3 is 3.00 bits per heavy atom. The second-order valence-electron chi connectivity index (χ2n) is 3.67. The van der Waals surface area contributed by atoms with E-state index in [9.17, 15) is 9.18 Å². The highest BCUT2D eigenvalue weighted by molar-refractivity contribution is 5.89. The summed E-state index contributed by atoms with van der Waals surface area (Å²) in [5.74, 6) is -0.921. The molecule has 0 heterocycles. The molecule has 0 saturated heterocycles. The first-order valence-electron chi connectivity index (χ1n) is 4.79. The van der Waals surface area contributed by atoms with Crippen LogP contribution >= 0.6 is 0 Å². The van der Waals surface area contributed by atoms with Crippen molar-refractivity contribution < 1.29 is 13.9 Å². The fraction of sp³-hybridized carbons (Fsp3) is 0.364. The summed E-state index contributed by atoms with van der Waals surface area (Å²) in [6.45, 7) is 0. The summed E-state index contributed by atoms with van der Waals surface area (Å²) in [6, 6.07) is 2.61. The molecule has 15 heavy (non-hydrogen) atoms. The summed E-state index contributed by atoms with van der Waals surface area (Å²) >= 11 is 0. The highest BCUT2D eigenvalue weighted by atomic mass is 19.1. The van der Waals surface area contributed by atoms with Crippen LogP contribution in [-0.2, 0) is 11.2 Å². The predicted molar refractivity (Wildman–Crippen MR) is 53.0 cm³/mol. The number of rotatable bonds is 1. The van der Waals surface area contributed by atoms with Crippen LogP contribution in [0.1, 0.15) is 33.9 Å². The Bertz CT molecular complexity index is 417. The van der Waals surface area contributed by atoms with Crippen molar-refractivity contribution in [1.82, 2.24) is 0 Å². The van der Waals surface area contributed by atoms with Gasteiger partial charge < -0.3 is 10.5 Å². The molecule has 0 aliphatic heterocycles. The molecule has 80 valence electrons. The number of aryl methyl sites for hydroxylation is 1. The van der Waals surface area contributed by atoms with E-state index in [1.165, 1.54) is 13.2 Å². The number of esters is 1. The molecular weight excluding hydrogens is 197 g/mol. The van der Waals surface area contributed by atoms with E-state index in [2.05, 4.69) is 4.74 Å². The Morgan fingerprint density at radius 2 is 2.33 bits per heavy atom. The fourth-order valence-corrected chi connectivity index (χ4v) is 1.99. The molecule has 0 bridgehead atoms. The monoisotopic (exact) mass is 209 g/mol. The normalized spacial score (nSPS) is 18.7. The number of methoxy groups -OCH3 is 1. The molecule has 0 spiro atoms. The van der Waals surface area contributed by atoms with Gasteiger partial charge in [0.15, 0.2) is 0 Å². The molecule has 0 saturated carbocycles. The number of ether oxygens (including phenoxy) is 1. The Labute approximate surface area is 87.0 Å². The topological polar surface area (TPSA) is 52.3 Å². The molecule has 1 aliphatic rings. The lowest BCUT2D eigenvalue weighted by Crippen LogP contribution is -2.09. The van der Waals surface area contributed by atoms with E-state index < -0.39 is 11.8 Å². The number of hydrogen-bond donors (Lipinski definition) is 1. The smallest absolute Gasteiger partial charge is 0.337 e. The van der Waals surface area contributed by atoms with Crippen molar-refractivity contribution in [3.8, 4) is 0 Å². The molecule has 1 aliphatic carbocycles. The second kappa shape index (κ2) is 3.62. The van der Waals surface area contributed by atoms with Gasteiger partial charge in [-0.25, -0.2) is 9.18 Å². The average molecular weight is 209 g/mol. The lowest BCUT2D eigenvalue weighted by molar-refractivity contribution is 0.0600. The predicted octanol–water partition coefficient (Wildman–Crippen LogP) is 1.56. The lowest BCUT2D eigenvalue weighted by atomic mass is 10.0. The van der Waals surface area contributed by atoms with E-state index in [-0.39, 0.29) is 11.6 Å². The molecule has 2 rings (SSSR count). The number of carbonyl (C=O) groups excluding carboxylic acids is 1. The van der Waals surface area contributed by atoms with Gasteiger partial charge in [0.2, 0.25) is 0 Å². The first-order chi connectivity index (χ1) is 7.13. The number of carbonyl (C=O) groups is 1. The van der Waals surface area contributed by atoms with Crippen molar-refractivity contribution in [2.75, 3.05) is 7.11 Å². The van der Waals surface area contributed by atoms with Crippen LogP contribution in [0.2, 0.25) is 0 Å². The minimum Gasteiger partial charge on any atom is -0.465 e. The first-order valence-corrected chi connectivity index (χ1v) is 4.79. The third-order valence-corrected chi connectivity index (χ3v) is 2.73. The van der Waals surface area contributed by atoms with Crippen molar-refractivity contribution in [2.45, 2.75) is 18.9 Å². The Morgan fingerprint density at radius 1 is 1.60 bits per heavy atom. The Kier molecular flexibility index (Phi) is 2.44. The van der Waals surface area contributed by atoms with E-state index in [0.29, 0.717) is 5.56 Å². The molecule has 0 amide bonds. The van der Waals surface area contributed by atoms with Gasteiger partial charge in [-0.2, -0.15) is 0 Å². The molecule has 4 heteroatoms. The summed E-state index contributed by atoms with van der Waals surface area (Å²) < 4.78 is 18.2. The summed E-state index contributed by atoms with van der Waals surface area (Å²) in [5.41, 5.74) is 7.37. The zero-order valence-electron chi connectivity index (χ0n) is 8.42. The maximum Gasteiger partial charge on any atom is 0.337 e. The fourth-order valence-electron chi connectivity index (χ4n) is 1.99. The van der Waals surface area contributed by atoms with Crippen molar-refractivity contribution in [3.05, 3.63) is 34.6 Å². The molecule has 1 unspecified atom stereocenters. The molecule has 0 radical (unpaired) electrons. The van der Waals surface area contributed by atoms with Crippen LogP contribution in [-0.4, -0.2) is 13.1 Å². The van der Waals surface area contributed by atoms with Crippen LogP contribution < -0.4 is 5.73 Å². The SMILES string of the molecule is COC(=O)c1cc(F)c2c(c1)CCC2N. The van der Waals surface area contributed by atoms with Crippen molar-refractivity contribution in [3.63, 3.8) is 0 Å². The van der Waals surface area contributed by atoms with E-state index in [0.717, 1.165) is 18.4 Å². The van der Waals surface area contributed by atoms with Gasteiger partial charge in [0, 0.05) is 11.6 Å². The maximum atomic E-state index is 13.6. The quantitative estimate of drug-likeness (QED) is 0.714. The Hall–Kier alpha value is -1.42. The first kappa shape index (κ1) is 10.1. The molecule has 1 atom stereocenters. The zero-order chi connectivity index (χ0) is 11.0. The van der Waals surface area contributed by atoms with Gasteiger partial charge in [0.1, 0.15) is 5.82 Å². The molecule has 0 fully saturated rings. The molecule has 3 nitrogen and oxygen atoms in total. The molecule has 1 aromatic carbocycles. The van der Waals surface area contributed by atoms with Crippen LogP contribution in [0, 0.1) is 5.82 Å². The molecule has 1 aromatic rings. The van der Waals surface area contributed by atoms with Gasteiger partial charge in [-0.05, 0) is 30.5 Å². The van der Waals surface area contributed by atoms with E-state index in [1.807, 2.05) is 0 Å². The van der Waals surface area contributed by atoms with E-state index in [1.54, 1.807) is 6.07 Å². The van der Waals surface area contributed by atoms with E-state index >= 15 is 0 Å². The number of halogens is 1. The van der Waals surface area contributed by atoms with Gasteiger partial charge in [-0.15, -0.1) is 0 Å². The zero-order valence-corrected chi connectivity index (χ0v) is 8.42. The third kappa shape index (κ3) is 1.61. The lowest BCUT2D eigenvalue weighted by Gasteiger charge is -2.08. The summed E-state index contributed by atoms with van der Waals surface area (Å²) in [4.78, 5) is 11.2. The maximum absolute atomic E-state index is 13.6. The average Bonchev–Trinajstić information content (AvgIpc) is 2.59. The van der Waals surface area contributed by atoms with E-state index in [4.69, 9.17) is 5.73 Å². The van der Waals surface area contributed by atoms with Crippen LogP contribution in [0.25, 0.3) is 0 Å². The van der Waals surface area contributed by atoms with Gasteiger partial charge in [-0.3, -0.25) is 0 Å². The van der Waals surface area contributed by atoms with Crippen molar-refractivity contribution in [2.24, 2.45) is 5.73 Å². The summed E-state index contributed by atoms with van der Waals surface area (Å²) in [6.07, 6.45) is 1.45. The minimum atomic E-state index is -0.517. The van der Waals surface area contributed by atoms with Gasteiger partial charge in [0.25, 0.3) is 0 Å². The van der Waals surface area contributed by atoms with Gasteiger partial charge in [0.05, 0.1) is 12.7 Å². The highest BCUT2D eigenvalue weighted by Gasteiger charge is 2.24. The molecule has 0 aromatic heterocycles. The van der Waals surface area contributed by atoms with Gasteiger partial charge >= 0.3 is 5.97 Å². The van der Waals surface area contributed by atoms with Gasteiger partial charge in [-0.1, -0.05) is 0 Å². The van der Waals surface area contributed by atoms with Crippen molar-refractivity contribution in [1.29, 1.82) is 0 Å². The number of benzene rings is 1. The summed E-state index contributed by atoms with van der Waals surface area (Å²) in [5, 5.41) is 0. The number of fused-ring (bicyclic) bond motifs is 1. The molecular formula is C11H12FNO2. The molecule has 2 N–H and O–H groups in total. The summed E-state index contributed by atoms with van der Waals surface area (Å²) in [7, 11) is 1.28. The number of hydrogen-bond acceptors (Lipinski definition) is 3. The van der Waals surface area contributed by atoms with Crippen LogP contribution in [0.4, 0.5) is 4.39 Å². The highest BCUT2D eigenvalue weighted by Crippen LogP contribution is 2.32. The second-order valence-corrected chi connectivity index (χ2v) is 3.67. The Balaban J connectivity index is 2.49. The van der Waals surface area contributed by atoms with Crippen LogP contribution in [0.5, 0.6) is 0 Å².